The van der Waals surface area contributed by atoms with E-state index in [2.05, 4.69) is 39.5 Å². The van der Waals surface area contributed by atoms with Crippen LogP contribution in [-0.4, -0.2) is 88.7 Å². The molecular formula is C35H40O14. The van der Waals surface area contributed by atoms with Crippen LogP contribution in [0.15, 0.2) is 94.1 Å². The largest absolute Gasteiger partial charge is 0.493 e. The summed E-state index contributed by atoms with van der Waals surface area (Å²) in [6.07, 6.45) is 5.61. The van der Waals surface area contributed by atoms with Gasteiger partial charge in [-0.25, -0.2) is 28.8 Å². The van der Waals surface area contributed by atoms with Crippen LogP contribution < -0.4 is 9.47 Å². The number of ether oxygens (including phenoxy) is 8. The van der Waals surface area contributed by atoms with Gasteiger partial charge >= 0.3 is 35.8 Å². The van der Waals surface area contributed by atoms with Gasteiger partial charge in [-0.15, -0.1) is 0 Å². The Morgan fingerprint density at radius 3 is 1.04 bits per heavy atom. The highest BCUT2D eigenvalue weighted by Crippen LogP contribution is 2.29. The molecule has 0 heterocycles. The number of carbonyl (C=O) groups is 6. The van der Waals surface area contributed by atoms with Crippen LogP contribution in [0.2, 0.25) is 0 Å². The second-order valence-electron chi connectivity index (χ2n) is 10.4. The van der Waals surface area contributed by atoms with Gasteiger partial charge in [-0.05, 0) is 30.7 Å². The first-order valence-corrected chi connectivity index (χ1v) is 14.4. The Balaban J connectivity index is 3.32. The highest BCUT2D eigenvalue weighted by Gasteiger charge is 2.38. The maximum Gasteiger partial charge on any atom is 0.330 e. The molecule has 0 aliphatic rings. The molecule has 0 saturated heterocycles. The molecule has 0 fully saturated rings. The lowest BCUT2D eigenvalue weighted by molar-refractivity contribution is -0.160. The molecule has 49 heavy (non-hydrogen) atoms. The third-order valence-electron chi connectivity index (χ3n) is 6.35. The highest BCUT2D eigenvalue weighted by atomic mass is 16.6. The molecule has 1 aromatic rings. The van der Waals surface area contributed by atoms with Crippen LogP contribution in [0.4, 0.5) is 0 Å². The molecule has 1 rings (SSSR count). The lowest BCUT2D eigenvalue weighted by Gasteiger charge is -2.32. The molecule has 0 N–H and O–H groups in total. The Kier molecular flexibility index (Phi) is 17.7. The third-order valence-corrected chi connectivity index (χ3v) is 6.35. The minimum absolute atomic E-state index is 0.269. The molecule has 0 atom stereocenters. The summed E-state index contributed by atoms with van der Waals surface area (Å²) in [5, 5.41) is 0. The summed E-state index contributed by atoms with van der Waals surface area (Å²) in [4.78, 5) is 71.3. The third kappa shape index (κ3) is 15.0. The number of aryl methyl sites for hydroxylation is 1. The van der Waals surface area contributed by atoms with Gasteiger partial charge in [0, 0.05) is 36.5 Å². The van der Waals surface area contributed by atoms with Crippen molar-refractivity contribution in [3.05, 3.63) is 99.7 Å². The Labute approximate surface area is 284 Å². The van der Waals surface area contributed by atoms with Crippen molar-refractivity contribution >= 4 is 35.8 Å². The predicted octanol–water partition coefficient (Wildman–Crippen LogP) is 3.10. The van der Waals surface area contributed by atoms with Crippen LogP contribution in [0.1, 0.15) is 5.56 Å². The molecule has 0 unspecified atom stereocenters. The zero-order chi connectivity index (χ0) is 36.9. The summed E-state index contributed by atoms with van der Waals surface area (Å²) >= 11 is 0. The lowest BCUT2D eigenvalue weighted by atomic mass is 9.92. The van der Waals surface area contributed by atoms with Crippen molar-refractivity contribution in [1.82, 2.24) is 0 Å². The standard InChI is InChI=1S/C35H40O14/c1-8-28(36)44-19-34(20-45-29(37)9-2,21-46-30(38)10-3)17-42-26-14-15-27(25(7)16-26)43-18-35(22-47-31(39)11-4,23-48-32(40)12-5)24-49-33(41)13-6/h8-16H,1-6,17-24H2,7H3. The molecule has 264 valence electrons. The quantitative estimate of drug-likeness (QED) is 0.0882. The van der Waals surface area contributed by atoms with E-state index >= 15 is 0 Å². The van der Waals surface area contributed by atoms with E-state index in [1.165, 1.54) is 6.07 Å². The molecule has 0 aromatic heterocycles. The topological polar surface area (TPSA) is 176 Å². The fraction of sp³-hybridized carbons (Fsp3) is 0.314. The van der Waals surface area contributed by atoms with Crippen molar-refractivity contribution in [2.24, 2.45) is 10.8 Å². The van der Waals surface area contributed by atoms with Crippen molar-refractivity contribution in [2.75, 3.05) is 52.9 Å². The van der Waals surface area contributed by atoms with Crippen molar-refractivity contribution in [2.45, 2.75) is 6.92 Å². The summed E-state index contributed by atoms with van der Waals surface area (Å²) in [5.41, 5.74) is -2.19. The van der Waals surface area contributed by atoms with E-state index in [-0.39, 0.29) is 13.2 Å². The maximum atomic E-state index is 11.9. The Bertz CT molecular complexity index is 1300. The van der Waals surface area contributed by atoms with Gasteiger partial charge in [-0.1, -0.05) is 39.5 Å². The van der Waals surface area contributed by atoms with Crippen LogP contribution >= 0.6 is 0 Å². The van der Waals surface area contributed by atoms with Gasteiger partial charge in [0.15, 0.2) is 0 Å². The molecule has 0 amide bonds. The van der Waals surface area contributed by atoms with Crippen LogP contribution in [0, 0.1) is 17.8 Å². The molecule has 1 aromatic carbocycles. The first kappa shape index (κ1) is 41.1. The van der Waals surface area contributed by atoms with E-state index in [4.69, 9.17) is 37.9 Å². The van der Waals surface area contributed by atoms with Gasteiger partial charge in [-0.2, -0.15) is 0 Å². The molecule has 0 spiro atoms. The maximum absolute atomic E-state index is 11.9. The SMILES string of the molecule is C=CC(=O)OCC(COC(=O)C=C)(COC(=O)C=C)COc1ccc(OCC(COC(=O)C=C)(COC(=O)C=C)COC(=O)C=C)c(C)c1. The van der Waals surface area contributed by atoms with Crippen LogP contribution in [0.3, 0.4) is 0 Å². The normalized spacial score (nSPS) is 10.6. The number of rotatable bonds is 24. The van der Waals surface area contributed by atoms with Gasteiger partial charge in [0.2, 0.25) is 0 Å². The van der Waals surface area contributed by atoms with Gasteiger partial charge < -0.3 is 37.9 Å². The molecule has 0 aliphatic heterocycles. The van der Waals surface area contributed by atoms with Gasteiger partial charge in [-0.3, -0.25) is 0 Å². The lowest BCUT2D eigenvalue weighted by Crippen LogP contribution is -2.44. The number of hydrogen-bond acceptors (Lipinski definition) is 14. The van der Waals surface area contributed by atoms with E-state index < -0.39 is 86.3 Å². The van der Waals surface area contributed by atoms with Crippen LogP contribution in [0.25, 0.3) is 0 Å². The second-order valence-corrected chi connectivity index (χ2v) is 10.4. The number of benzene rings is 1. The molecule has 0 bridgehead atoms. The van der Waals surface area contributed by atoms with Crippen molar-refractivity contribution in [1.29, 1.82) is 0 Å². The summed E-state index contributed by atoms with van der Waals surface area (Å²) in [6, 6.07) is 4.67. The molecule has 14 heteroatoms. The molecule has 14 nitrogen and oxygen atoms in total. The van der Waals surface area contributed by atoms with E-state index in [9.17, 15) is 28.8 Å². The fourth-order valence-electron chi connectivity index (χ4n) is 3.54. The van der Waals surface area contributed by atoms with E-state index in [0.29, 0.717) is 17.1 Å². The molecule has 0 saturated carbocycles. The first-order valence-electron chi connectivity index (χ1n) is 14.4. The highest BCUT2D eigenvalue weighted by molar-refractivity contribution is 5.83. The first-order chi connectivity index (χ1) is 23.3. The Hall–Kier alpha value is -5.92. The zero-order valence-corrected chi connectivity index (χ0v) is 27.3. The Morgan fingerprint density at radius 2 is 0.776 bits per heavy atom. The van der Waals surface area contributed by atoms with Gasteiger partial charge in [0.25, 0.3) is 0 Å². The second kappa shape index (κ2) is 21.1. The van der Waals surface area contributed by atoms with Crippen LogP contribution in [0.5, 0.6) is 11.5 Å². The van der Waals surface area contributed by atoms with Crippen molar-refractivity contribution in [3.63, 3.8) is 0 Å². The average molecular weight is 685 g/mol. The van der Waals surface area contributed by atoms with Crippen molar-refractivity contribution < 1.29 is 66.7 Å². The summed E-state index contributed by atoms with van der Waals surface area (Å²) in [6.45, 7) is 18.9. The van der Waals surface area contributed by atoms with Crippen LogP contribution in [-0.2, 0) is 57.2 Å². The monoisotopic (exact) mass is 684 g/mol. The Morgan fingerprint density at radius 1 is 0.490 bits per heavy atom. The minimum Gasteiger partial charge on any atom is -0.493 e. The molecule has 0 radical (unpaired) electrons. The average Bonchev–Trinajstić information content (AvgIpc) is 3.12. The predicted molar refractivity (Wildman–Crippen MR) is 174 cm³/mol. The number of carbonyl (C=O) groups excluding carboxylic acids is 6. The molecule has 0 aliphatic carbocycles. The zero-order valence-electron chi connectivity index (χ0n) is 27.3. The summed E-state index contributed by atoms with van der Waals surface area (Å²) in [7, 11) is 0. The fourth-order valence-corrected chi connectivity index (χ4v) is 3.54. The summed E-state index contributed by atoms with van der Waals surface area (Å²) in [5.74, 6) is -4.05. The number of hydrogen-bond donors (Lipinski definition) is 0. The molecular weight excluding hydrogens is 644 g/mol. The van der Waals surface area contributed by atoms with E-state index in [1.54, 1.807) is 19.1 Å². The smallest absolute Gasteiger partial charge is 0.330 e. The van der Waals surface area contributed by atoms with E-state index in [1.807, 2.05) is 0 Å². The van der Waals surface area contributed by atoms with Gasteiger partial charge in [0.1, 0.15) is 75.2 Å². The minimum atomic E-state index is -1.37. The van der Waals surface area contributed by atoms with Crippen molar-refractivity contribution in [3.8, 4) is 11.5 Å². The summed E-state index contributed by atoms with van der Waals surface area (Å²) < 4.78 is 43.3. The van der Waals surface area contributed by atoms with E-state index in [0.717, 1.165) is 36.5 Å². The number of esters is 6. The van der Waals surface area contributed by atoms with Gasteiger partial charge in [0.05, 0.1) is 0 Å².